The maximum atomic E-state index is 11.1. The zero-order chi connectivity index (χ0) is 17.1. The van der Waals surface area contributed by atoms with Gasteiger partial charge in [-0.3, -0.25) is 9.59 Å². The summed E-state index contributed by atoms with van der Waals surface area (Å²) in [6.45, 7) is -0.419. The number of hydrogen-bond acceptors (Lipinski definition) is 8. The first-order valence-corrected chi connectivity index (χ1v) is 6.58. The number of aliphatic hydroxyl groups is 5. The van der Waals surface area contributed by atoms with Crippen molar-refractivity contribution in [2.75, 3.05) is 26.2 Å². The van der Waals surface area contributed by atoms with Gasteiger partial charge >= 0.3 is 0 Å². The first-order chi connectivity index (χ1) is 10.3. The van der Waals surface area contributed by atoms with E-state index in [-0.39, 0.29) is 19.6 Å². The standard InChI is InChI=1S/C12H23N3O7/c13-9(19)1-2-10(20)15-4-3-14-5-7(17)11(21)12(22)8(18)6-16/h1-2,7-8,11-12,14,16-18,21-22H,3-6H2,(H2,13,19)(H,15,20)/t7-,8+,11+,12+/m0/s1. The van der Waals surface area contributed by atoms with Gasteiger partial charge in [-0.2, -0.15) is 0 Å². The van der Waals surface area contributed by atoms with Gasteiger partial charge in [0.05, 0.1) is 12.7 Å². The van der Waals surface area contributed by atoms with Crippen LogP contribution in [0.1, 0.15) is 0 Å². The molecule has 0 aromatic carbocycles. The summed E-state index contributed by atoms with van der Waals surface area (Å²) in [6, 6.07) is 0. The highest BCUT2D eigenvalue weighted by Crippen LogP contribution is 2.04. The van der Waals surface area contributed by atoms with Crippen LogP contribution in [0.2, 0.25) is 0 Å². The zero-order valence-electron chi connectivity index (χ0n) is 11.9. The maximum Gasteiger partial charge on any atom is 0.244 e. The second-order valence-corrected chi connectivity index (χ2v) is 4.53. The lowest BCUT2D eigenvalue weighted by Crippen LogP contribution is -2.49. The average molecular weight is 321 g/mol. The summed E-state index contributed by atoms with van der Waals surface area (Å²) in [6.07, 6.45) is -4.35. The van der Waals surface area contributed by atoms with Gasteiger partial charge in [0, 0.05) is 31.8 Å². The van der Waals surface area contributed by atoms with Crippen molar-refractivity contribution in [3.63, 3.8) is 0 Å². The Hall–Kier alpha value is -1.56. The van der Waals surface area contributed by atoms with Crippen LogP contribution in [0.25, 0.3) is 0 Å². The lowest BCUT2D eigenvalue weighted by atomic mass is 10.0. The number of rotatable bonds is 11. The third kappa shape index (κ3) is 8.67. The SMILES string of the molecule is NC(=O)C=CC(=O)NCCNC[C@H](O)[C@@H](O)[C@H](O)[C@H](O)CO. The van der Waals surface area contributed by atoms with Gasteiger partial charge in [0.15, 0.2) is 0 Å². The van der Waals surface area contributed by atoms with E-state index in [1.54, 1.807) is 0 Å². The van der Waals surface area contributed by atoms with Crippen molar-refractivity contribution in [2.24, 2.45) is 5.73 Å². The van der Waals surface area contributed by atoms with Crippen LogP contribution in [0.15, 0.2) is 12.2 Å². The Morgan fingerprint density at radius 1 is 1.00 bits per heavy atom. The minimum atomic E-state index is -1.68. The molecule has 0 saturated carbocycles. The molecule has 2 amide bonds. The topological polar surface area (TPSA) is 185 Å². The number of nitrogens with one attached hydrogen (secondary N) is 2. The first-order valence-electron chi connectivity index (χ1n) is 6.58. The maximum absolute atomic E-state index is 11.1. The van der Waals surface area contributed by atoms with Gasteiger partial charge in [-0.1, -0.05) is 0 Å². The second kappa shape index (κ2) is 11.1. The van der Waals surface area contributed by atoms with Crippen LogP contribution in [-0.4, -0.2) is 88.0 Å². The molecule has 0 aromatic heterocycles. The molecule has 0 aliphatic heterocycles. The summed E-state index contributed by atoms with van der Waals surface area (Å²) < 4.78 is 0. The van der Waals surface area contributed by atoms with E-state index >= 15 is 0 Å². The first kappa shape index (κ1) is 20.4. The molecule has 0 spiro atoms. The van der Waals surface area contributed by atoms with Crippen molar-refractivity contribution in [3.8, 4) is 0 Å². The molecule has 10 nitrogen and oxygen atoms in total. The van der Waals surface area contributed by atoms with E-state index in [4.69, 9.17) is 15.9 Å². The highest BCUT2D eigenvalue weighted by atomic mass is 16.4. The van der Waals surface area contributed by atoms with E-state index < -0.39 is 42.8 Å². The Bertz CT molecular complexity index is 378. The molecule has 0 aliphatic rings. The van der Waals surface area contributed by atoms with E-state index in [9.17, 15) is 24.9 Å². The fraction of sp³-hybridized carbons (Fsp3) is 0.667. The quantitative estimate of drug-likeness (QED) is 0.137. The van der Waals surface area contributed by atoms with Crippen molar-refractivity contribution < 1.29 is 35.1 Å². The van der Waals surface area contributed by atoms with Crippen LogP contribution < -0.4 is 16.4 Å². The highest BCUT2D eigenvalue weighted by molar-refractivity contribution is 5.95. The van der Waals surface area contributed by atoms with Crippen LogP contribution in [0, 0.1) is 0 Å². The van der Waals surface area contributed by atoms with Gasteiger partial charge in [0.25, 0.3) is 0 Å². The van der Waals surface area contributed by atoms with E-state index in [0.29, 0.717) is 0 Å². The predicted octanol–water partition coefficient (Wildman–Crippen LogP) is -4.83. The van der Waals surface area contributed by atoms with E-state index in [2.05, 4.69) is 10.6 Å². The van der Waals surface area contributed by atoms with E-state index in [1.807, 2.05) is 0 Å². The van der Waals surface area contributed by atoms with Crippen LogP contribution in [0.5, 0.6) is 0 Å². The Kier molecular flexibility index (Phi) is 10.3. The van der Waals surface area contributed by atoms with Gasteiger partial charge in [0.2, 0.25) is 11.8 Å². The summed E-state index contributed by atoms with van der Waals surface area (Å²) in [4.78, 5) is 21.5. The van der Waals surface area contributed by atoms with Crippen molar-refractivity contribution in [2.45, 2.75) is 24.4 Å². The van der Waals surface area contributed by atoms with Crippen LogP contribution in [-0.2, 0) is 9.59 Å². The molecule has 0 rings (SSSR count). The van der Waals surface area contributed by atoms with Gasteiger partial charge in [-0.05, 0) is 0 Å². The molecule has 0 aliphatic carbocycles. The summed E-state index contributed by atoms with van der Waals surface area (Å²) in [5.74, 6) is -1.25. The van der Waals surface area contributed by atoms with Gasteiger partial charge in [0.1, 0.15) is 18.3 Å². The van der Waals surface area contributed by atoms with Crippen molar-refractivity contribution in [3.05, 3.63) is 12.2 Å². The number of aliphatic hydroxyl groups excluding tert-OH is 5. The predicted molar refractivity (Wildman–Crippen MR) is 75.3 cm³/mol. The largest absolute Gasteiger partial charge is 0.394 e. The second-order valence-electron chi connectivity index (χ2n) is 4.53. The van der Waals surface area contributed by atoms with Crippen LogP contribution in [0.3, 0.4) is 0 Å². The summed E-state index contributed by atoms with van der Waals surface area (Å²) in [5, 5.41) is 51.4. The molecule has 0 radical (unpaired) electrons. The molecule has 0 bridgehead atoms. The van der Waals surface area contributed by atoms with Crippen LogP contribution >= 0.6 is 0 Å². The minimum absolute atomic E-state index is 0.108. The number of nitrogens with two attached hydrogens (primary N) is 1. The van der Waals surface area contributed by atoms with E-state index in [0.717, 1.165) is 12.2 Å². The number of amides is 2. The molecule has 0 unspecified atom stereocenters. The molecule has 0 heterocycles. The number of primary amides is 1. The molecular weight excluding hydrogens is 298 g/mol. The molecule has 4 atom stereocenters. The minimum Gasteiger partial charge on any atom is -0.394 e. The molecule has 0 fully saturated rings. The Labute approximate surface area is 127 Å². The molecule has 9 N–H and O–H groups in total. The fourth-order valence-electron chi connectivity index (χ4n) is 1.42. The Morgan fingerprint density at radius 3 is 2.14 bits per heavy atom. The van der Waals surface area contributed by atoms with Crippen LogP contribution in [0.4, 0.5) is 0 Å². The Balaban J connectivity index is 3.87. The van der Waals surface area contributed by atoms with Crippen molar-refractivity contribution in [1.29, 1.82) is 0 Å². The third-order valence-electron chi connectivity index (χ3n) is 2.68. The highest BCUT2D eigenvalue weighted by Gasteiger charge is 2.29. The van der Waals surface area contributed by atoms with Gasteiger partial charge < -0.3 is 41.9 Å². The number of carbonyl (C=O) groups excluding carboxylic acids is 2. The van der Waals surface area contributed by atoms with Gasteiger partial charge in [-0.15, -0.1) is 0 Å². The molecular formula is C12H23N3O7. The molecule has 128 valence electrons. The fourth-order valence-corrected chi connectivity index (χ4v) is 1.42. The molecule has 22 heavy (non-hydrogen) atoms. The molecule has 0 saturated heterocycles. The number of hydrogen-bond donors (Lipinski definition) is 8. The normalized spacial score (nSPS) is 17.0. The lowest BCUT2D eigenvalue weighted by Gasteiger charge is -2.25. The summed E-state index contributed by atoms with van der Waals surface area (Å²) in [5.41, 5.74) is 4.81. The summed E-state index contributed by atoms with van der Waals surface area (Å²) >= 11 is 0. The average Bonchev–Trinajstić information content (AvgIpc) is 2.49. The monoisotopic (exact) mass is 321 g/mol. The number of carbonyl (C=O) groups is 2. The molecule has 10 heteroatoms. The summed E-state index contributed by atoms with van der Waals surface area (Å²) in [7, 11) is 0. The Morgan fingerprint density at radius 2 is 1.59 bits per heavy atom. The lowest BCUT2D eigenvalue weighted by molar-refractivity contribution is -0.117. The van der Waals surface area contributed by atoms with E-state index in [1.165, 1.54) is 0 Å². The van der Waals surface area contributed by atoms with Crippen molar-refractivity contribution >= 4 is 11.8 Å². The van der Waals surface area contributed by atoms with Gasteiger partial charge in [-0.25, -0.2) is 0 Å². The van der Waals surface area contributed by atoms with Crippen molar-refractivity contribution in [1.82, 2.24) is 10.6 Å². The zero-order valence-corrected chi connectivity index (χ0v) is 11.9. The smallest absolute Gasteiger partial charge is 0.244 e. The third-order valence-corrected chi connectivity index (χ3v) is 2.68. The molecule has 0 aromatic rings.